The normalized spacial score (nSPS) is 16.9. The van der Waals surface area contributed by atoms with E-state index in [1.807, 2.05) is 0 Å². The Morgan fingerprint density at radius 3 is 2.81 bits per heavy atom. The number of hydrogen-bond donors (Lipinski definition) is 0. The molecule has 1 saturated heterocycles. The van der Waals surface area contributed by atoms with Crippen LogP contribution in [-0.2, 0) is 11.2 Å². The van der Waals surface area contributed by atoms with Gasteiger partial charge < -0.3 is 9.42 Å². The smallest absolute Gasteiger partial charge is 0.249 e. The maximum Gasteiger partial charge on any atom is 0.249 e. The van der Waals surface area contributed by atoms with E-state index in [4.69, 9.17) is 4.52 Å². The van der Waals surface area contributed by atoms with Gasteiger partial charge >= 0.3 is 0 Å². The molecule has 0 N–H and O–H groups in total. The molecule has 1 aromatic carbocycles. The van der Waals surface area contributed by atoms with Crippen molar-refractivity contribution < 1.29 is 18.1 Å². The monoisotopic (exact) mass is 373 g/mol. The minimum Gasteiger partial charge on any atom is -0.337 e. The molecule has 27 heavy (non-hydrogen) atoms. The van der Waals surface area contributed by atoms with Crippen molar-refractivity contribution in [1.29, 1.82) is 0 Å². The van der Waals surface area contributed by atoms with Crippen LogP contribution < -0.4 is 0 Å². The molecule has 4 rings (SSSR count). The summed E-state index contributed by atoms with van der Waals surface area (Å²) in [4.78, 5) is 17.8. The van der Waals surface area contributed by atoms with Crippen LogP contribution in [0.3, 0.4) is 0 Å². The first-order valence-corrected chi connectivity index (χ1v) is 8.61. The molecule has 0 unspecified atom stereocenters. The van der Waals surface area contributed by atoms with Crippen LogP contribution in [0.2, 0.25) is 0 Å². The van der Waals surface area contributed by atoms with E-state index < -0.39 is 11.6 Å². The fraction of sp³-hybridized carbons (Fsp3) is 0.333. The van der Waals surface area contributed by atoms with Gasteiger partial charge in [0.1, 0.15) is 11.7 Å². The lowest BCUT2D eigenvalue weighted by Crippen LogP contribution is -2.28. The molecule has 0 saturated carbocycles. The van der Waals surface area contributed by atoms with Crippen molar-refractivity contribution in [3.8, 4) is 5.69 Å². The van der Waals surface area contributed by atoms with E-state index in [0.29, 0.717) is 24.0 Å². The number of nitrogens with zero attached hydrogens (tertiary/aromatic N) is 5. The fourth-order valence-corrected chi connectivity index (χ4v) is 3.33. The van der Waals surface area contributed by atoms with Crippen LogP contribution in [0.5, 0.6) is 0 Å². The topological polar surface area (TPSA) is 77.1 Å². The molecule has 7 nitrogen and oxygen atoms in total. The van der Waals surface area contributed by atoms with E-state index in [-0.39, 0.29) is 24.1 Å². The minimum absolute atomic E-state index is 0.0251. The summed E-state index contributed by atoms with van der Waals surface area (Å²) in [5.41, 5.74) is 0.306. The molecule has 1 amide bonds. The van der Waals surface area contributed by atoms with Gasteiger partial charge in [-0.3, -0.25) is 4.79 Å². The Balaban J connectivity index is 1.52. The minimum atomic E-state index is -0.697. The highest BCUT2D eigenvalue weighted by Crippen LogP contribution is 2.30. The second-order valence-corrected chi connectivity index (χ2v) is 6.42. The largest absolute Gasteiger partial charge is 0.337 e. The lowest BCUT2D eigenvalue weighted by Gasteiger charge is -2.19. The molecule has 1 aliphatic rings. The molecule has 0 spiro atoms. The number of carbonyl (C=O) groups is 1. The number of benzene rings is 1. The average Bonchev–Trinajstić information content (AvgIpc) is 3.35. The Kier molecular flexibility index (Phi) is 4.43. The lowest BCUT2D eigenvalue weighted by molar-refractivity contribution is -0.130. The predicted molar refractivity (Wildman–Crippen MR) is 89.9 cm³/mol. The van der Waals surface area contributed by atoms with Gasteiger partial charge in [-0.15, -0.1) is 0 Å². The number of rotatable bonds is 4. The van der Waals surface area contributed by atoms with Crippen LogP contribution in [0, 0.1) is 11.6 Å². The molecular weight excluding hydrogens is 356 g/mol. The second-order valence-electron chi connectivity index (χ2n) is 6.42. The van der Waals surface area contributed by atoms with Crippen LogP contribution in [0.25, 0.3) is 5.69 Å². The Morgan fingerprint density at radius 1 is 1.30 bits per heavy atom. The van der Waals surface area contributed by atoms with Crippen molar-refractivity contribution in [2.75, 3.05) is 6.54 Å². The third-order valence-electron chi connectivity index (χ3n) is 4.58. The molecule has 2 aromatic heterocycles. The number of aromatic nitrogens is 4. The maximum atomic E-state index is 13.9. The number of hydrogen-bond acceptors (Lipinski definition) is 5. The maximum absolute atomic E-state index is 13.9. The molecule has 9 heteroatoms. The zero-order valence-electron chi connectivity index (χ0n) is 14.6. The van der Waals surface area contributed by atoms with Gasteiger partial charge in [0.25, 0.3) is 0 Å². The van der Waals surface area contributed by atoms with Gasteiger partial charge in [0.15, 0.2) is 17.5 Å². The Bertz CT molecular complexity index is 964. The van der Waals surface area contributed by atoms with Crippen molar-refractivity contribution in [2.24, 2.45) is 0 Å². The summed E-state index contributed by atoms with van der Waals surface area (Å²) in [6.07, 6.45) is 3.40. The highest BCUT2D eigenvalue weighted by molar-refractivity contribution is 5.74. The summed E-state index contributed by atoms with van der Waals surface area (Å²) in [6.45, 7) is 2.19. The second kappa shape index (κ2) is 6.90. The van der Waals surface area contributed by atoms with Gasteiger partial charge in [-0.05, 0) is 31.0 Å². The highest BCUT2D eigenvalue weighted by atomic mass is 19.1. The number of halogens is 2. The Labute approximate surface area is 153 Å². The number of amides is 1. The van der Waals surface area contributed by atoms with Gasteiger partial charge in [0.2, 0.25) is 11.8 Å². The molecule has 3 aromatic rings. The van der Waals surface area contributed by atoms with Crippen LogP contribution >= 0.6 is 0 Å². The number of carbonyl (C=O) groups excluding carboxylic acids is 1. The first-order valence-electron chi connectivity index (χ1n) is 8.61. The SMILES string of the molecule is CC(=O)N1CCC[C@@H]1c1nc(Cc2ccn(-c3c(F)cccc3F)n2)no1. The standard InChI is InChI=1S/C18H17F2N5O2/c1-11(26)24-8-3-6-15(24)18-21-16(23-27-18)10-12-7-9-25(22-12)17-13(19)4-2-5-14(17)20/h2,4-5,7,9,15H,3,6,8,10H2,1H3/t15-/m1/s1. The first kappa shape index (κ1) is 17.3. The Morgan fingerprint density at radius 2 is 2.07 bits per heavy atom. The molecule has 0 radical (unpaired) electrons. The fourth-order valence-electron chi connectivity index (χ4n) is 3.33. The van der Waals surface area contributed by atoms with Crippen molar-refractivity contribution in [1.82, 2.24) is 24.8 Å². The van der Waals surface area contributed by atoms with E-state index >= 15 is 0 Å². The molecular formula is C18H17F2N5O2. The van der Waals surface area contributed by atoms with Crippen molar-refractivity contribution in [3.05, 3.63) is 59.5 Å². The van der Waals surface area contributed by atoms with Crippen molar-refractivity contribution >= 4 is 5.91 Å². The van der Waals surface area contributed by atoms with Gasteiger partial charge in [0, 0.05) is 19.7 Å². The van der Waals surface area contributed by atoms with Crippen molar-refractivity contribution in [3.63, 3.8) is 0 Å². The summed E-state index contributed by atoms with van der Waals surface area (Å²) >= 11 is 0. The van der Waals surface area contributed by atoms with Crippen LogP contribution in [-0.4, -0.2) is 37.3 Å². The van der Waals surface area contributed by atoms with Gasteiger partial charge in [-0.1, -0.05) is 11.2 Å². The quantitative estimate of drug-likeness (QED) is 0.703. The summed E-state index contributed by atoms with van der Waals surface area (Å²) in [7, 11) is 0. The van der Waals surface area contributed by atoms with Gasteiger partial charge in [0.05, 0.1) is 12.1 Å². The first-order chi connectivity index (χ1) is 13.0. The van der Waals surface area contributed by atoms with Gasteiger partial charge in [-0.25, -0.2) is 13.5 Å². The summed E-state index contributed by atoms with van der Waals surface area (Å²) < 4.78 is 34.2. The zero-order chi connectivity index (χ0) is 19.0. The number of likely N-dealkylation sites (tertiary alicyclic amines) is 1. The molecule has 1 aliphatic heterocycles. The lowest BCUT2D eigenvalue weighted by atomic mass is 10.2. The third-order valence-corrected chi connectivity index (χ3v) is 4.58. The van der Waals surface area contributed by atoms with Crippen LogP contribution in [0.4, 0.5) is 8.78 Å². The third kappa shape index (κ3) is 3.32. The summed E-state index contributed by atoms with van der Waals surface area (Å²) in [5.74, 6) is -0.617. The molecule has 1 fully saturated rings. The summed E-state index contributed by atoms with van der Waals surface area (Å²) in [6, 6.07) is 5.08. The van der Waals surface area contributed by atoms with Crippen molar-refractivity contribution in [2.45, 2.75) is 32.2 Å². The molecule has 140 valence electrons. The summed E-state index contributed by atoms with van der Waals surface area (Å²) in [5, 5.41) is 8.14. The molecule has 0 aliphatic carbocycles. The van der Waals surface area contributed by atoms with E-state index in [9.17, 15) is 13.6 Å². The molecule has 0 bridgehead atoms. The number of para-hydroxylation sites is 1. The van der Waals surface area contributed by atoms with E-state index in [1.165, 1.54) is 31.3 Å². The van der Waals surface area contributed by atoms with Crippen LogP contribution in [0.15, 0.2) is 35.0 Å². The average molecular weight is 373 g/mol. The highest BCUT2D eigenvalue weighted by Gasteiger charge is 2.32. The predicted octanol–water partition coefficient (Wildman–Crippen LogP) is 2.81. The van der Waals surface area contributed by atoms with E-state index in [0.717, 1.165) is 17.5 Å². The van der Waals surface area contributed by atoms with Gasteiger partial charge in [-0.2, -0.15) is 10.1 Å². The van der Waals surface area contributed by atoms with E-state index in [1.54, 1.807) is 11.0 Å². The van der Waals surface area contributed by atoms with Crippen LogP contribution in [0.1, 0.15) is 43.2 Å². The molecule has 1 atom stereocenters. The Hall–Kier alpha value is -3.10. The molecule has 3 heterocycles. The van der Waals surface area contributed by atoms with E-state index in [2.05, 4.69) is 15.2 Å². The zero-order valence-corrected chi connectivity index (χ0v) is 14.6.